The third-order valence-electron chi connectivity index (χ3n) is 3.89. The maximum atomic E-state index is 6.00. The van der Waals surface area contributed by atoms with E-state index < -0.39 is 0 Å². The minimum absolute atomic E-state index is 0.517. The fraction of sp³-hybridized carbons (Fsp3) is 0.643. The first-order chi connectivity index (χ1) is 8.58. The highest BCUT2D eigenvalue weighted by Gasteiger charge is 2.21. The molecule has 1 fully saturated rings. The summed E-state index contributed by atoms with van der Waals surface area (Å²) in [4.78, 5) is 6.66. The van der Waals surface area contributed by atoms with Gasteiger partial charge < -0.3 is 10.6 Å². The summed E-state index contributed by atoms with van der Waals surface area (Å²) in [5.41, 5.74) is 6.73. The summed E-state index contributed by atoms with van der Waals surface area (Å²) < 4.78 is 0. The van der Waals surface area contributed by atoms with Gasteiger partial charge in [-0.2, -0.15) is 0 Å². The molecule has 1 atom stereocenters. The lowest BCUT2D eigenvalue weighted by Gasteiger charge is -2.23. The fourth-order valence-electron chi connectivity index (χ4n) is 2.69. The number of rotatable bonds is 2. The third kappa shape index (κ3) is 3.08. The van der Waals surface area contributed by atoms with Gasteiger partial charge in [0, 0.05) is 13.1 Å². The van der Waals surface area contributed by atoms with Crippen LogP contribution < -0.4 is 10.6 Å². The number of anilines is 2. The van der Waals surface area contributed by atoms with E-state index in [1.807, 2.05) is 6.07 Å². The molecule has 1 unspecified atom stereocenters. The first-order valence-electron chi connectivity index (χ1n) is 6.75. The van der Waals surface area contributed by atoms with Gasteiger partial charge in [-0.15, -0.1) is 0 Å². The standard InChI is InChI=1S/C14H22ClN3/c1-10(2)11-4-3-8-18(9-7-11)14-12(16)5-6-13(15)17-14/h5-6,10-11H,3-4,7-9,16H2,1-2H3. The second kappa shape index (κ2) is 5.79. The zero-order valence-corrected chi connectivity index (χ0v) is 12.0. The molecule has 1 saturated heterocycles. The average molecular weight is 268 g/mol. The van der Waals surface area contributed by atoms with E-state index in [1.165, 1.54) is 19.3 Å². The van der Waals surface area contributed by atoms with E-state index in [2.05, 4.69) is 23.7 Å². The van der Waals surface area contributed by atoms with Crippen molar-refractivity contribution in [1.82, 2.24) is 4.98 Å². The smallest absolute Gasteiger partial charge is 0.153 e. The topological polar surface area (TPSA) is 42.2 Å². The molecule has 18 heavy (non-hydrogen) atoms. The van der Waals surface area contributed by atoms with Crippen molar-refractivity contribution in [3.05, 3.63) is 17.3 Å². The Bertz CT molecular complexity index is 406. The van der Waals surface area contributed by atoms with Gasteiger partial charge in [-0.1, -0.05) is 25.4 Å². The summed E-state index contributed by atoms with van der Waals surface area (Å²) in [5.74, 6) is 2.43. The second-order valence-electron chi connectivity index (χ2n) is 5.47. The number of hydrogen-bond donors (Lipinski definition) is 1. The van der Waals surface area contributed by atoms with Crippen LogP contribution in [0, 0.1) is 11.8 Å². The second-order valence-corrected chi connectivity index (χ2v) is 5.86. The summed E-state index contributed by atoms with van der Waals surface area (Å²) in [6.07, 6.45) is 3.72. The van der Waals surface area contributed by atoms with Gasteiger partial charge in [-0.05, 0) is 43.2 Å². The minimum Gasteiger partial charge on any atom is -0.396 e. The Kier molecular flexibility index (Phi) is 4.33. The van der Waals surface area contributed by atoms with Crippen molar-refractivity contribution in [3.8, 4) is 0 Å². The first-order valence-corrected chi connectivity index (χ1v) is 7.12. The predicted octanol–water partition coefficient (Wildman–Crippen LogP) is 3.58. The van der Waals surface area contributed by atoms with Crippen LogP contribution in [0.2, 0.25) is 5.15 Å². The van der Waals surface area contributed by atoms with Crippen LogP contribution in [0.25, 0.3) is 0 Å². The van der Waals surface area contributed by atoms with Gasteiger partial charge in [0.2, 0.25) is 0 Å². The molecular weight excluding hydrogens is 246 g/mol. The molecule has 0 radical (unpaired) electrons. The molecule has 2 heterocycles. The Labute approximate surface area is 114 Å². The minimum atomic E-state index is 0.517. The average Bonchev–Trinajstić information content (AvgIpc) is 2.58. The predicted molar refractivity (Wildman–Crippen MR) is 78.1 cm³/mol. The Morgan fingerprint density at radius 2 is 2.11 bits per heavy atom. The number of halogens is 1. The van der Waals surface area contributed by atoms with E-state index in [-0.39, 0.29) is 0 Å². The summed E-state index contributed by atoms with van der Waals surface area (Å²) in [7, 11) is 0. The Morgan fingerprint density at radius 3 is 2.83 bits per heavy atom. The van der Waals surface area contributed by atoms with Gasteiger partial charge in [0.25, 0.3) is 0 Å². The molecule has 0 amide bonds. The zero-order chi connectivity index (χ0) is 13.1. The lowest BCUT2D eigenvalue weighted by atomic mass is 9.89. The third-order valence-corrected chi connectivity index (χ3v) is 4.10. The number of nitrogens with two attached hydrogens (primary N) is 1. The van der Waals surface area contributed by atoms with Crippen molar-refractivity contribution in [2.45, 2.75) is 33.1 Å². The molecule has 1 aromatic heterocycles. The molecule has 2 rings (SSSR count). The largest absolute Gasteiger partial charge is 0.396 e. The first kappa shape index (κ1) is 13.5. The van der Waals surface area contributed by atoms with Gasteiger partial charge in [0.05, 0.1) is 5.69 Å². The molecule has 2 N–H and O–H groups in total. The van der Waals surface area contributed by atoms with E-state index in [0.29, 0.717) is 5.15 Å². The molecule has 0 saturated carbocycles. The molecular formula is C14H22ClN3. The number of nitrogens with zero attached hydrogens (tertiary/aromatic N) is 2. The summed E-state index contributed by atoms with van der Waals surface area (Å²) in [6, 6.07) is 3.59. The number of pyridine rings is 1. The maximum absolute atomic E-state index is 6.00. The summed E-state index contributed by atoms with van der Waals surface area (Å²) >= 11 is 5.96. The van der Waals surface area contributed by atoms with Gasteiger partial charge in [-0.3, -0.25) is 0 Å². The van der Waals surface area contributed by atoms with Gasteiger partial charge in [0.15, 0.2) is 5.82 Å². The zero-order valence-electron chi connectivity index (χ0n) is 11.2. The number of hydrogen-bond acceptors (Lipinski definition) is 3. The lowest BCUT2D eigenvalue weighted by Crippen LogP contribution is -2.26. The number of aromatic nitrogens is 1. The van der Waals surface area contributed by atoms with Crippen molar-refractivity contribution in [2.24, 2.45) is 11.8 Å². The Hall–Kier alpha value is -0.960. The van der Waals surface area contributed by atoms with E-state index in [9.17, 15) is 0 Å². The highest BCUT2D eigenvalue weighted by atomic mass is 35.5. The van der Waals surface area contributed by atoms with Crippen LogP contribution in [0.5, 0.6) is 0 Å². The molecule has 4 heteroatoms. The monoisotopic (exact) mass is 267 g/mol. The van der Waals surface area contributed by atoms with Crippen molar-refractivity contribution >= 4 is 23.1 Å². The quantitative estimate of drug-likeness (QED) is 0.833. The van der Waals surface area contributed by atoms with Crippen molar-refractivity contribution in [1.29, 1.82) is 0 Å². The SMILES string of the molecule is CC(C)C1CCCN(c2nc(Cl)ccc2N)CC1. The molecule has 1 aromatic rings. The molecule has 1 aliphatic rings. The molecule has 100 valence electrons. The van der Waals surface area contributed by atoms with Crippen LogP contribution >= 0.6 is 11.6 Å². The van der Waals surface area contributed by atoms with Crippen LogP contribution in [0.15, 0.2) is 12.1 Å². The maximum Gasteiger partial charge on any atom is 0.153 e. The van der Waals surface area contributed by atoms with E-state index >= 15 is 0 Å². The van der Waals surface area contributed by atoms with Crippen molar-refractivity contribution in [3.63, 3.8) is 0 Å². The van der Waals surface area contributed by atoms with Crippen LogP contribution in [-0.2, 0) is 0 Å². The van der Waals surface area contributed by atoms with Crippen LogP contribution in [0.4, 0.5) is 11.5 Å². The van der Waals surface area contributed by atoms with E-state index in [4.69, 9.17) is 17.3 Å². The Balaban J connectivity index is 2.12. The van der Waals surface area contributed by atoms with Gasteiger partial charge in [0.1, 0.15) is 5.15 Å². The Morgan fingerprint density at radius 1 is 1.33 bits per heavy atom. The summed E-state index contributed by atoms with van der Waals surface area (Å²) in [5, 5.41) is 0.517. The van der Waals surface area contributed by atoms with Crippen LogP contribution in [-0.4, -0.2) is 18.1 Å². The van der Waals surface area contributed by atoms with Crippen molar-refractivity contribution < 1.29 is 0 Å². The molecule has 0 spiro atoms. The molecule has 1 aliphatic heterocycles. The molecule has 3 nitrogen and oxygen atoms in total. The highest BCUT2D eigenvalue weighted by Crippen LogP contribution is 2.29. The number of nitrogen functional groups attached to an aromatic ring is 1. The van der Waals surface area contributed by atoms with Gasteiger partial charge >= 0.3 is 0 Å². The fourth-order valence-corrected chi connectivity index (χ4v) is 2.83. The molecule has 0 aromatic carbocycles. The van der Waals surface area contributed by atoms with Crippen LogP contribution in [0.1, 0.15) is 33.1 Å². The van der Waals surface area contributed by atoms with Crippen LogP contribution in [0.3, 0.4) is 0 Å². The van der Waals surface area contributed by atoms with E-state index in [1.54, 1.807) is 6.07 Å². The highest BCUT2D eigenvalue weighted by molar-refractivity contribution is 6.29. The molecule has 0 bridgehead atoms. The van der Waals surface area contributed by atoms with Crippen molar-refractivity contribution in [2.75, 3.05) is 23.7 Å². The summed E-state index contributed by atoms with van der Waals surface area (Å²) in [6.45, 7) is 6.68. The lowest BCUT2D eigenvalue weighted by molar-refractivity contribution is 0.351. The van der Waals surface area contributed by atoms with Gasteiger partial charge in [-0.25, -0.2) is 4.98 Å². The molecule has 0 aliphatic carbocycles. The normalized spacial score (nSPS) is 21.1. The van der Waals surface area contributed by atoms with E-state index in [0.717, 1.165) is 36.4 Å².